The first-order chi connectivity index (χ1) is 9.40. The number of hydrogen-bond donors (Lipinski definition) is 2. The van der Waals surface area contributed by atoms with Crippen LogP contribution < -0.4 is 5.32 Å². The number of nitrogens with zero attached hydrogens (tertiary/aromatic N) is 2. The minimum absolute atomic E-state index is 0.168. The van der Waals surface area contributed by atoms with Crippen molar-refractivity contribution in [3.63, 3.8) is 0 Å². The van der Waals surface area contributed by atoms with Crippen LogP contribution >= 0.6 is 11.3 Å². The normalized spacial score (nSPS) is 10.6. The SMILES string of the molecule is Cc1nc(CNC(=O)c2c(C)noc2C)sc1C(=O)O. The van der Waals surface area contributed by atoms with E-state index >= 15 is 0 Å². The second-order valence-corrected chi connectivity index (χ2v) is 5.29. The number of carboxylic acid groups (broad SMARTS) is 1. The smallest absolute Gasteiger partial charge is 0.347 e. The summed E-state index contributed by atoms with van der Waals surface area (Å²) in [7, 11) is 0. The summed E-state index contributed by atoms with van der Waals surface area (Å²) in [4.78, 5) is 27.2. The Morgan fingerprint density at radius 2 is 2.00 bits per heavy atom. The van der Waals surface area contributed by atoms with Crippen molar-refractivity contribution in [3.8, 4) is 0 Å². The summed E-state index contributed by atoms with van der Waals surface area (Å²) in [6.07, 6.45) is 0. The third-order valence-electron chi connectivity index (χ3n) is 2.70. The van der Waals surface area contributed by atoms with E-state index < -0.39 is 5.97 Å². The minimum atomic E-state index is -1.01. The molecule has 2 rings (SSSR count). The van der Waals surface area contributed by atoms with Crippen molar-refractivity contribution in [2.24, 2.45) is 0 Å². The van der Waals surface area contributed by atoms with Gasteiger partial charge in [0, 0.05) is 0 Å². The third kappa shape index (κ3) is 2.69. The maximum Gasteiger partial charge on any atom is 0.347 e. The second kappa shape index (κ2) is 5.41. The van der Waals surface area contributed by atoms with Crippen LogP contribution in [0.4, 0.5) is 0 Å². The van der Waals surface area contributed by atoms with E-state index in [1.54, 1.807) is 20.8 Å². The molecule has 0 aliphatic heterocycles. The van der Waals surface area contributed by atoms with Gasteiger partial charge in [-0.3, -0.25) is 4.79 Å². The average Bonchev–Trinajstić information content (AvgIpc) is 2.90. The van der Waals surface area contributed by atoms with Gasteiger partial charge in [-0.05, 0) is 20.8 Å². The number of aromatic nitrogens is 2. The van der Waals surface area contributed by atoms with Gasteiger partial charge in [-0.1, -0.05) is 5.16 Å². The van der Waals surface area contributed by atoms with Gasteiger partial charge in [0.1, 0.15) is 21.2 Å². The monoisotopic (exact) mass is 295 g/mol. The van der Waals surface area contributed by atoms with Crippen LogP contribution in [0.2, 0.25) is 0 Å². The van der Waals surface area contributed by atoms with E-state index in [0.29, 0.717) is 27.7 Å². The molecule has 8 heteroatoms. The molecule has 2 heterocycles. The Bertz CT molecular complexity index is 655. The van der Waals surface area contributed by atoms with Crippen molar-refractivity contribution in [2.75, 3.05) is 0 Å². The summed E-state index contributed by atoms with van der Waals surface area (Å²) in [5.74, 6) is -0.879. The lowest BCUT2D eigenvalue weighted by atomic mass is 10.2. The van der Waals surface area contributed by atoms with Crippen molar-refractivity contribution in [2.45, 2.75) is 27.3 Å². The molecular weight excluding hydrogens is 282 g/mol. The average molecular weight is 295 g/mol. The maximum absolute atomic E-state index is 12.0. The summed E-state index contributed by atoms with van der Waals surface area (Å²) >= 11 is 1.05. The van der Waals surface area contributed by atoms with Crippen LogP contribution in [0.5, 0.6) is 0 Å². The lowest BCUT2D eigenvalue weighted by Gasteiger charge is -2.01. The lowest BCUT2D eigenvalue weighted by Crippen LogP contribution is -2.23. The molecule has 2 aromatic rings. The Morgan fingerprint density at radius 3 is 2.50 bits per heavy atom. The topological polar surface area (TPSA) is 105 Å². The van der Waals surface area contributed by atoms with Crippen LogP contribution in [0, 0.1) is 20.8 Å². The van der Waals surface area contributed by atoms with Gasteiger partial charge >= 0.3 is 5.97 Å². The van der Waals surface area contributed by atoms with Crippen LogP contribution in [-0.2, 0) is 6.54 Å². The molecule has 0 bridgehead atoms. The molecule has 2 aromatic heterocycles. The molecule has 20 heavy (non-hydrogen) atoms. The number of carbonyl (C=O) groups is 2. The summed E-state index contributed by atoms with van der Waals surface area (Å²) in [6.45, 7) is 5.13. The first-order valence-corrected chi connectivity index (χ1v) is 6.62. The van der Waals surface area contributed by atoms with Gasteiger partial charge in [0.25, 0.3) is 5.91 Å². The highest BCUT2D eigenvalue weighted by Crippen LogP contribution is 2.18. The van der Waals surface area contributed by atoms with Gasteiger partial charge in [0.05, 0.1) is 17.9 Å². The maximum atomic E-state index is 12.0. The molecule has 0 aliphatic rings. The Morgan fingerprint density at radius 1 is 1.30 bits per heavy atom. The van der Waals surface area contributed by atoms with E-state index in [-0.39, 0.29) is 17.3 Å². The molecular formula is C12H13N3O4S. The largest absolute Gasteiger partial charge is 0.477 e. The van der Waals surface area contributed by atoms with Gasteiger partial charge in [-0.25, -0.2) is 9.78 Å². The molecule has 1 amide bonds. The van der Waals surface area contributed by atoms with Crippen molar-refractivity contribution in [1.82, 2.24) is 15.5 Å². The highest BCUT2D eigenvalue weighted by atomic mass is 32.1. The number of aryl methyl sites for hydroxylation is 3. The van der Waals surface area contributed by atoms with Gasteiger partial charge in [-0.2, -0.15) is 0 Å². The lowest BCUT2D eigenvalue weighted by molar-refractivity contribution is 0.0701. The molecule has 106 valence electrons. The first kappa shape index (κ1) is 14.2. The number of aromatic carboxylic acids is 1. The van der Waals surface area contributed by atoms with Gasteiger partial charge in [0.15, 0.2) is 0 Å². The van der Waals surface area contributed by atoms with Gasteiger partial charge in [-0.15, -0.1) is 11.3 Å². The van der Waals surface area contributed by atoms with E-state index in [1.165, 1.54) is 0 Å². The molecule has 0 saturated heterocycles. The summed E-state index contributed by atoms with van der Waals surface area (Å²) in [6, 6.07) is 0. The first-order valence-electron chi connectivity index (χ1n) is 5.80. The van der Waals surface area contributed by atoms with Crippen LogP contribution in [0.3, 0.4) is 0 Å². The highest BCUT2D eigenvalue weighted by molar-refractivity contribution is 7.13. The van der Waals surface area contributed by atoms with Crippen molar-refractivity contribution < 1.29 is 19.2 Å². The number of carboxylic acids is 1. The molecule has 0 unspecified atom stereocenters. The molecule has 7 nitrogen and oxygen atoms in total. The number of nitrogens with one attached hydrogen (secondary N) is 1. The summed E-state index contributed by atoms with van der Waals surface area (Å²) < 4.78 is 4.92. The fourth-order valence-corrected chi connectivity index (χ4v) is 2.62. The fourth-order valence-electron chi connectivity index (χ4n) is 1.78. The quantitative estimate of drug-likeness (QED) is 0.889. The predicted molar refractivity (Wildman–Crippen MR) is 71.0 cm³/mol. The number of rotatable bonds is 4. The molecule has 0 radical (unpaired) electrons. The van der Waals surface area contributed by atoms with Gasteiger partial charge in [0.2, 0.25) is 0 Å². The van der Waals surface area contributed by atoms with Crippen LogP contribution in [0.15, 0.2) is 4.52 Å². The summed E-state index contributed by atoms with van der Waals surface area (Å²) in [5, 5.41) is 15.9. The summed E-state index contributed by atoms with van der Waals surface area (Å²) in [5.41, 5.74) is 1.36. The van der Waals surface area contributed by atoms with E-state index in [9.17, 15) is 9.59 Å². The molecule has 0 saturated carbocycles. The number of thiazole rings is 1. The van der Waals surface area contributed by atoms with E-state index in [1.807, 2.05) is 0 Å². The standard InChI is InChI=1S/C12H13N3O4S/c1-5-9(7(3)19-15-5)11(16)13-4-8-14-6(2)10(20-8)12(17)18/h4H2,1-3H3,(H,13,16)(H,17,18). The molecule has 0 fully saturated rings. The Kier molecular flexibility index (Phi) is 3.84. The molecule has 2 N–H and O–H groups in total. The zero-order chi connectivity index (χ0) is 14.9. The third-order valence-corrected chi connectivity index (χ3v) is 3.84. The Labute approximate surface area is 118 Å². The van der Waals surface area contributed by atoms with E-state index in [0.717, 1.165) is 11.3 Å². The molecule has 0 aromatic carbocycles. The zero-order valence-electron chi connectivity index (χ0n) is 11.2. The van der Waals surface area contributed by atoms with Crippen LogP contribution in [0.25, 0.3) is 0 Å². The Balaban J connectivity index is 2.08. The minimum Gasteiger partial charge on any atom is -0.477 e. The van der Waals surface area contributed by atoms with Crippen LogP contribution in [-0.4, -0.2) is 27.1 Å². The van der Waals surface area contributed by atoms with Crippen LogP contribution in [0.1, 0.15) is 42.2 Å². The van der Waals surface area contributed by atoms with E-state index in [4.69, 9.17) is 9.63 Å². The van der Waals surface area contributed by atoms with E-state index in [2.05, 4.69) is 15.5 Å². The molecule has 0 spiro atoms. The number of amides is 1. The fraction of sp³-hybridized carbons (Fsp3) is 0.333. The van der Waals surface area contributed by atoms with Crippen molar-refractivity contribution in [1.29, 1.82) is 0 Å². The highest BCUT2D eigenvalue weighted by Gasteiger charge is 2.18. The second-order valence-electron chi connectivity index (χ2n) is 4.21. The molecule has 0 atom stereocenters. The van der Waals surface area contributed by atoms with Crippen molar-refractivity contribution in [3.05, 3.63) is 32.6 Å². The molecule has 0 aliphatic carbocycles. The van der Waals surface area contributed by atoms with Crippen molar-refractivity contribution >= 4 is 23.2 Å². The number of carbonyl (C=O) groups excluding carboxylic acids is 1. The number of hydrogen-bond acceptors (Lipinski definition) is 6. The van der Waals surface area contributed by atoms with Gasteiger partial charge < -0.3 is 14.9 Å². The Hall–Kier alpha value is -2.22. The zero-order valence-corrected chi connectivity index (χ0v) is 12.0. The predicted octanol–water partition coefficient (Wildman–Crippen LogP) is 1.68.